The number of aromatic nitrogens is 5. The van der Waals surface area contributed by atoms with Crippen LogP contribution in [0.1, 0.15) is 57.7 Å². The first-order chi connectivity index (χ1) is 26.1. The van der Waals surface area contributed by atoms with Gasteiger partial charge in [0.05, 0.1) is 27.8 Å². The molecule has 5 nitrogen and oxygen atoms in total. The van der Waals surface area contributed by atoms with Crippen molar-refractivity contribution in [3.63, 3.8) is 0 Å². The highest BCUT2D eigenvalue weighted by molar-refractivity contribution is 6.23. The van der Waals surface area contributed by atoms with Crippen molar-refractivity contribution >= 4 is 43.6 Å². The number of aryl methyl sites for hydroxylation is 1. The second kappa shape index (κ2) is 11.7. The number of fused-ring (bicyclic) bond motifs is 8. The maximum atomic E-state index is 5.32. The molecule has 1 aliphatic carbocycles. The first kappa shape index (κ1) is 32.6. The summed E-state index contributed by atoms with van der Waals surface area (Å²) >= 11 is 0. The summed E-state index contributed by atoms with van der Waals surface area (Å²) < 4.78 is 4.85. The minimum Gasteiger partial charge on any atom is -0.307 e. The van der Waals surface area contributed by atoms with Gasteiger partial charge >= 0.3 is 0 Å². The van der Waals surface area contributed by atoms with E-state index in [1.807, 2.05) is 18.2 Å². The lowest BCUT2D eigenvalue weighted by Gasteiger charge is -2.47. The molecule has 0 radical (unpaired) electrons. The van der Waals surface area contributed by atoms with Gasteiger partial charge in [0.1, 0.15) is 0 Å². The Bertz CT molecular complexity index is 2930. The van der Waals surface area contributed by atoms with E-state index in [9.17, 15) is 0 Å². The summed E-state index contributed by atoms with van der Waals surface area (Å²) in [6, 6.07) is 47.8. The van der Waals surface area contributed by atoms with Gasteiger partial charge in [-0.2, -0.15) is 9.97 Å². The minimum absolute atomic E-state index is 0.0402. The minimum atomic E-state index is -0.0402. The predicted octanol–water partition coefficient (Wildman–Crippen LogP) is 12.3. The number of hydrogen-bond acceptors (Lipinski definition) is 3. The third-order valence-electron chi connectivity index (χ3n) is 12.3. The lowest BCUT2D eigenvalue weighted by Crippen LogP contribution is -2.41. The van der Waals surface area contributed by atoms with Gasteiger partial charge in [0.2, 0.25) is 5.95 Å². The number of benzene rings is 6. The molecular formula is C49H43N5. The zero-order chi connectivity index (χ0) is 36.9. The fourth-order valence-corrected chi connectivity index (χ4v) is 9.32. The van der Waals surface area contributed by atoms with E-state index in [4.69, 9.17) is 15.0 Å². The molecule has 0 bridgehead atoms. The van der Waals surface area contributed by atoms with Crippen LogP contribution in [0.2, 0.25) is 0 Å². The van der Waals surface area contributed by atoms with Crippen LogP contribution in [0, 0.1) is 12.8 Å². The molecule has 0 amide bonds. The summed E-state index contributed by atoms with van der Waals surface area (Å²) in [7, 11) is 0. The SMILES string of the molecule is Cc1ccc(-c2nc(-c3ccccc3)nc(-n3c4ccccc4c4ccc5c6ccccc6n(-c6cccc7c6C(C)(C)C(C)CC7(C)C)c5c43)n2)cc1. The average Bonchev–Trinajstić information content (AvgIpc) is 3.70. The molecule has 10 rings (SSSR count). The van der Waals surface area contributed by atoms with Gasteiger partial charge in [0, 0.05) is 32.7 Å². The Hall–Kier alpha value is -6.07. The maximum Gasteiger partial charge on any atom is 0.238 e. The molecule has 1 atom stereocenters. The molecule has 3 aromatic heterocycles. The van der Waals surface area contributed by atoms with Crippen molar-refractivity contribution in [3.05, 3.63) is 150 Å². The highest BCUT2D eigenvalue weighted by Crippen LogP contribution is 2.52. The number of rotatable bonds is 4. The summed E-state index contributed by atoms with van der Waals surface area (Å²) in [6.07, 6.45) is 1.15. The molecule has 0 N–H and O–H groups in total. The second-order valence-electron chi connectivity index (χ2n) is 16.5. The van der Waals surface area contributed by atoms with E-state index in [0.29, 0.717) is 23.5 Å². The molecule has 1 aliphatic rings. The quantitative estimate of drug-likeness (QED) is 0.183. The molecule has 0 aliphatic heterocycles. The Balaban J connectivity index is 1.39. The van der Waals surface area contributed by atoms with Crippen LogP contribution < -0.4 is 0 Å². The predicted molar refractivity (Wildman–Crippen MR) is 224 cm³/mol. The van der Waals surface area contributed by atoms with Crippen molar-refractivity contribution in [2.24, 2.45) is 5.92 Å². The van der Waals surface area contributed by atoms with E-state index >= 15 is 0 Å². The molecule has 0 saturated heterocycles. The lowest BCUT2D eigenvalue weighted by molar-refractivity contribution is 0.233. The molecule has 0 saturated carbocycles. The van der Waals surface area contributed by atoms with Crippen LogP contribution in [0.4, 0.5) is 0 Å². The highest BCUT2D eigenvalue weighted by atomic mass is 15.2. The molecule has 1 unspecified atom stereocenters. The lowest BCUT2D eigenvalue weighted by atomic mass is 9.58. The summed E-state index contributed by atoms with van der Waals surface area (Å²) in [5, 5.41) is 4.76. The van der Waals surface area contributed by atoms with E-state index in [0.717, 1.165) is 39.5 Å². The summed E-state index contributed by atoms with van der Waals surface area (Å²) in [4.78, 5) is 15.7. The topological polar surface area (TPSA) is 48.5 Å². The Morgan fingerprint density at radius 2 is 1.09 bits per heavy atom. The summed E-state index contributed by atoms with van der Waals surface area (Å²) in [6.45, 7) is 14.3. The Kier molecular flexibility index (Phi) is 7.07. The van der Waals surface area contributed by atoms with Crippen LogP contribution in [0.15, 0.2) is 133 Å². The van der Waals surface area contributed by atoms with Crippen LogP contribution in [0.5, 0.6) is 0 Å². The first-order valence-corrected chi connectivity index (χ1v) is 19.1. The van der Waals surface area contributed by atoms with E-state index in [-0.39, 0.29) is 10.8 Å². The van der Waals surface area contributed by atoms with Gasteiger partial charge in [0.25, 0.3) is 0 Å². The zero-order valence-electron chi connectivity index (χ0n) is 31.7. The molecule has 264 valence electrons. The van der Waals surface area contributed by atoms with Gasteiger partial charge in [-0.1, -0.05) is 155 Å². The number of hydrogen-bond donors (Lipinski definition) is 0. The standard InChI is InChI=1S/C49H43N5/c1-30-23-25-33(26-24-30)46-50-45(32-15-8-7-9-16-32)51-47(52-46)54-40-21-13-11-18-35(40)37-28-27-36-34-17-10-12-20-39(34)53(43(36)44(37)54)41-22-14-19-38-42(41)49(5,6)31(2)29-48(38,3)4/h7-28,31H,29H2,1-6H3. The van der Waals surface area contributed by atoms with E-state index in [1.54, 1.807) is 0 Å². The molecule has 6 aromatic carbocycles. The van der Waals surface area contributed by atoms with Crippen molar-refractivity contribution in [1.82, 2.24) is 24.1 Å². The van der Waals surface area contributed by atoms with Crippen molar-refractivity contribution < 1.29 is 0 Å². The van der Waals surface area contributed by atoms with E-state index in [1.165, 1.54) is 44.1 Å². The molecule has 0 spiro atoms. The third kappa shape index (κ3) is 4.74. The fraction of sp³-hybridized carbons (Fsp3) is 0.204. The van der Waals surface area contributed by atoms with Crippen LogP contribution in [0.25, 0.3) is 78.0 Å². The van der Waals surface area contributed by atoms with Gasteiger partial charge in [-0.25, -0.2) is 4.98 Å². The molecule has 3 heterocycles. The van der Waals surface area contributed by atoms with Crippen molar-refractivity contribution in [2.75, 3.05) is 0 Å². The monoisotopic (exact) mass is 701 g/mol. The van der Waals surface area contributed by atoms with Gasteiger partial charge in [-0.3, -0.25) is 4.57 Å². The van der Waals surface area contributed by atoms with Gasteiger partial charge in [0.15, 0.2) is 11.6 Å². The molecular weight excluding hydrogens is 659 g/mol. The highest BCUT2D eigenvalue weighted by Gasteiger charge is 2.44. The molecule has 5 heteroatoms. The summed E-state index contributed by atoms with van der Waals surface area (Å²) in [5.41, 5.74) is 11.7. The van der Waals surface area contributed by atoms with E-state index < -0.39 is 0 Å². The number of nitrogens with zero attached hydrogens (tertiary/aromatic N) is 5. The molecule has 0 fully saturated rings. The van der Waals surface area contributed by atoms with Crippen molar-refractivity contribution in [1.29, 1.82) is 0 Å². The first-order valence-electron chi connectivity index (χ1n) is 19.1. The van der Waals surface area contributed by atoms with E-state index in [2.05, 4.69) is 166 Å². The van der Waals surface area contributed by atoms with Crippen LogP contribution >= 0.6 is 0 Å². The van der Waals surface area contributed by atoms with Crippen LogP contribution in [-0.4, -0.2) is 24.1 Å². The normalized spacial score (nSPS) is 16.4. The third-order valence-corrected chi connectivity index (χ3v) is 12.3. The summed E-state index contributed by atoms with van der Waals surface area (Å²) in [5.74, 6) is 2.39. The average molecular weight is 702 g/mol. The van der Waals surface area contributed by atoms with Gasteiger partial charge in [-0.15, -0.1) is 0 Å². The Labute approximate surface area is 316 Å². The fourth-order valence-electron chi connectivity index (χ4n) is 9.32. The van der Waals surface area contributed by atoms with Crippen molar-refractivity contribution in [2.45, 2.75) is 58.8 Å². The van der Waals surface area contributed by atoms with Gasteiger partial charge < -0.3 is 4.57 Å². The van der Waals surface area contributed by atoms with Crippen LogP contribution in [0.3, 0.4) is 0 Å². The van der Waals surface area contributed by atoms with Gasteiger partial charge in [-0.05, 0) is 59.4 Å². The smallest absolute Gasteiger partial charge is 0.238 e. The number of para-hydroxylation sites is 2. The Morgan fingerprint density at radius 3 is 1.74 bits per heavy atom. The molecule has 54 heavy (non-hydrogen) atoms. The van der Waals surface area contributed by atoms with Crippen LogP contribution in [-0.2, 0) is 10.8 Å². The largest absolute Gasteiger partial charge is 0.307 e. The van der Waals surface area contributed by atoms with Crippen molar-refractivity contribution in [3.8, 4) is 34.4 Å². The maximum absolute atomic E-state index is 5.32. The second-order valence-corrected chi connectivity index (χ2v) is 16.5. The Morgan fingerprint density at radius 1 is 0.537 bits per heavy atom. The molecule has 9 aromatic rings. The zero-order valence-corrected chi connectivity index (χ0v) is 31.7.